The number of nitrogens with two attached hydrogens (primary N) is 1. The number of nitrogens with zero attached hydrogens (tertiary/aromatic N) is 2. The number of hydrogen-bond acceptors (Lipinski definition) is 8. The van der Waals surface area contributed by atoms with Crippen LogP contribution in [0.5, 0.6) is 17.2 Å². The van der Waals surface area contributed by atoms with Crippen LogP contribution in [0.4, 0.5) is 14.6 Å². The predicted octanol–water partition coefficient (Wildman–Crippen LogP) is 4.11. The number of phenolic OH excluding ortho intramolecular Hbond substituents is 1. The number of benzene rings is 3. The number of rotatable bonds is 7. The summed E-state index contributed by atoms with van der Waals surface area (Å²) in [5.41, 5.74) is 7.82. The van der Waals surface area contributed by atoms with Gasteiger partial charge in [0.05, 0.1) is 24.1 Å². The van der Waals surface area contributed by atoms with Crippen molar-refractivity contribution in [2.45, 2.75) is 6.10 Å². The van der Waals surface area contributed by atoms with E-state index in [9.17, 15) is 23.5 Å². The number of fused-ring (bicyclic) bond motifs is 1. The smallest absolute Gasteiger partial charge is 0.214 e. The quantitative estimate of drug-likeness (QED) is 0.218. The molecule has 12 heteroatoms. The summed E-state index contributed by atoms with van der Waals surface area (Å²) in [6, 6.07) is 14.2. The summed E-state index contributed by atoms with van der Waals surface area (Å²) in [4.78, 5) is 29.2. The van der Waals surface area contributed by atoms with Crippen molar-refractivity contribution < 1.29 is 33.0 Å². The number of aromatic nitrogens is 3. The Morgan fingerprint density at radius 1 is 1.12 bits per heavy atom. The van der Waals surface area contributed by atoms with Crippen LogP contribution in [0.1, 0.15) is 26.4 Å². The highest BCUT2D eigenvalue weighted by Gasteiger charge is 2.25. The maximum absolute atomic E-state index is 14.0. The number of ether oxygens (including phenoxy) is 2. The maximum Gasteiger partial charge on any atom is 0.214 e. The number of ketones is 2. The van der Waals surface area contributed by atoms with Gasteiger partial charge >= 0.3 is 0 Å². The van der Waals surface area contributed by atoms with Gasteiger partial charge < -0.3 is 30.6 Å². The molecule has 10 nitrogen and oxygen atoms in total. The highest BCUT2D eigenvalue weighted by Crippen LogP contribution is 2.33. The molecule has 208 valence electrons. The summed E-state index contributed by atoms with van der Waals surface area (Å²) < 4.78 is 39.5. The first kappa shape index (κ1) is 26.2. The van der Waals surface area contributed by atoms with Gasteiger partial charge in [-0.1, -0.05) is 6.07 Å². The molecule has 5 N–H and O–H groups in total. The number of nitrogens with one attached hydrogen (secondary N) is 2. The molecule has 0 aliphatic carbocycles. The number of hydrogen-bond donors (Lipinski definition) is 4. The number of aromatic amines is 1. The maximum atomic E-state index is 14.0. The molecule has 5 aromatic rings. The monoisotopic (exact) mass is 559 g/mol. The van der Waals surface area contributed by atoms with Crippen LogP contribution in [-0.4, -0.2) is 57.2 Å². The van der Waals surface area contributed by atoms with Gasteiger partial charge in [-0.25, -0.2) is 9.07 Å². The fraction of sp³-hybridized carbons (Fsp3) is 0.138. The molecule has 1 saturated heterocycles. The number of phenols is 1. The van der Waals surface area contributed by atoms with Gasteiger partial charge in [-0.2, -0.15) is 9.49 Å². The number of halogens is 2. The third-order valence-corrected chi connectivity index (χ3v) is 6.74. The average molecular weight is 560 g/mol. The van der Waals surface area contributed by atoms with Crippen molar-refractivity contribution in [3.8, 4) is 22.9 Å². The molecule has 1 aliphatic heterocycles. The Hall–Kier alpha value is -5.07. The lowest BCUT2D eigenvalue weighted by atomic mass is 10.0. The van der Waals surface area contributed by atoms with E-state index in [1.54, 1.807) is 24.3 Å². The molecule has 0 spiro atoms. The van der Waals surface area contributed by atoms with E-state index >= 15 is 0 Å². The van der Waals surface area contributed by atoms with Gasteiger partial charge in [-0.15, -0.1) is 0 Å². The normalized spacial score (nSPS) is 15.2. The van der Waals surface area contributed by atoms with E-state index in [1.165, 1.54) is 41.2 Å². The number of carbonyl (C=O) groups excluding carboxylic acids is 2. The summed E-state index contributed by atoms with van der Waals surface area (Å²) in [7, 11) is 0. The van der Waals surface area contributed by atoms with Crippen LogP contribution < -0.4 is 15.8 Å². The van der Waals surface area contributed by atoms with Crippen molar-refractivity contribution in [2.24, 2.45) is 0 Å². The van der Waals surface area contributed by atoms with Gasteiger partial charge in [0.25, 0.3) is 0 Å². The summed E-state index contributed by atoms with van der Waals surface area (Å²) in [5.74, 6) is -3.49. The SMILES string of the molecule is Nc1c(C(=O)c2cc3cc(C(=O)C4CNCCO4)ccc3[nH]2)cnn1-c1ccc(Oc2cccc(F)c2F)cc1O. The molecule has 0 saturated carbocycles. The van der Waals surface area contributed by atoms with Gasteiger partial charge in [0, 0.05) is 35.6 Å². The standard InChI is InChI=1S/C29H23F2N5O5/c30-19-2-1-3-24(26(19)31)41-17-5-7-22(23(37)12-17)36-29(32)18(13-34-36)28(39)21-11-16-10-15(4-6-20(16)35-21)27(38)25-14-33-8-9-40-25/h1-7,10-13,25,33,35,37H,8-9,14,32H2. The van der Waals surface area contributed by atoms with Gasteiger partial charge in [-0.05, 0) is 48.5 Å². The molecular weight excluding hydrogens is 536 g/mol. The first-order valence-corrected chi connectivity index (χ1v) is 12.6. The van der Waals surface area contributed by atoms with Crippen molar-refractivity contribution in [1.82, 2.24) is 20.1 Å². The van der Waals surface area contributed by atoms with Crippen LogP contribution >= 0.6 is 0 Å². The fourth-order valence-electron chi connectivity index (χ4n) is 4.63. The zero-order valence-electron chi connectivity index (χ0n) is 21.4. The fourth-order valence-corrected chi connectivity index (χ4v) is 4.63. The van der Waals surface area contributed by atoms with Gasteiger partial charge in [-0.3, -0.25) is 9.59 Å². The molecule has 41 heavy (non-hydrogen) atoms. The lowest BCUT2D eigenvalue weighted by molar-refractivity contribution is 0.0269. The highest BCUT2D eigenvalue weighted by atomic mass is 19.2. The van der Waals surface area contributed by atoms with E-state index in [-0.39, 0.29) is 45.8 Å². The zero-order chi connectivity index (χ0) is 28.7. The Labute approximate surface area is 231 Å². The second-order valence-electron chi connectivity index (χ2n) is 9.40. The molecule has 1 aliphatic rings. The Morgan fingerprint density at radius 2 is 1.98 bits per heavy atom. The van der Waals surface area contributed by atoms with Crippen molar-refractivity contribution in [2.75, 3.05) is 25.4 Å². The van der Waals surface area contributed by atoms with Gasteiger partial charge in [0.1, 0.15) is 29.1 Å². The molecule has 2 aromatic heterocycles. The topological polar surface area (TPSA) is 144 Å². The van der Waals surface area contributed by atoms with Crippen molar-refractivity contribution >= 4 is 28.3 Å². The van der Waals surface area contributed by atoms with E-state index in [2.05, 4.69) is 15.4 Å². The Morgan fingerprint density at radius 3 is 2.76 bits per heavy atom. The van der Waals surface area contributed by atoms with E-state index in [0.717, 1.165) is 6.07 Å². The van der Waals surface area contributed by atoms with Gasteiger partial charge in [0.15, 0.2) is 17.3 Å². The third-order valence-electron chi connectivity index (χ3n) is 6.74. The Bertz CT molecular complexity index is 1810. The molecule has 1 atom stereocenters. The number of aromatic hydroxyl groups is 1. The summed E-state index contributed by atoms with van der Waals surface area (Å²) >= 11 is 0. The van der Waals surface area contributed by atoms with Crippen LogP contribution in [-0.2, 0) is 4.74 Å². The first-order chi connectivity index (χ1) is 19.8. The number of morpholine rings is 1. The number of Topliss-reactive ketones (excluding diaryl/α,β-unsaturated/α-hetero) is 1. The largest absolute Gasteiger partial charge is 0.506 e. The third kappa shape index (κ3) is 4.90. The lowest BCUT2D eigenvalue weighted by Gasteiger charge is -2.22. The molecule has 3 heterocycles. The second-order valence-corrected chi connectivity index (χ2v) is 9.40. The molecule has 1 unspecified atom stereocenters. The molecule has 3 aromatic carbocycles. The number of H-pyrrole nitrogens is 1. The summed E-state index contributed by atoms with van der Waals surface area (Å²) in [5, 5.41) is 18.6. The van der Waals surface area contributed by atoms with E-state index in [0.29, 0.717) is 36.2 Å². The van der Waals surface area contributed by atoms with Crippen LogP contribution in [0.15, 0.2) is 66.9 Å². The number of nitrogen functional groups attached to an aromatic ring is 1. The minimum Gasteiger partial charge on any atom is -0.506 e. The molecule has 0 bridgehead atoms. The van der Waals surface area contributed by atoms with E-state index in [1.807, 2.05) is 0 Å². The molecule has 1 fully saturated rings. The highest BCUT2D eigenvalue weighted by molar-refractivity contribution is 6.13. The predicted molar refractivity (Wildman–Crippen MR) is 145 cm³/mol. The van der Waals surface area contributed by atoms with Crippen molar-refractivity contribution in [3.05, 3.63) is 95.3 Å². The minimum atomic E-state index is -1.16. The van der Waals surface area contributed by atoms with Crippen LogP contribution in [0.3, 0.4) is 0 Å². The van der Waals surface area contributed by atoms with Crippen molar-refractivity contribution in [1.29, 1.82) is 0 Å². The zero-order valence-corrected chi connectivity index (χ0v) is 21.4. The molecule has 6 rings (SSSR count). The molecule has 0 amide bonds. The van der Waals surface area contributed by atoms with Crippen LogP contribution in [0.25, 0.3) is 16.6 Å². The van der Waals surface area contributed by atoms with Gasteiger partial charge in [0.2, 0.25) is 11.6 Å². The summed E-state index contributed by atoms with van der Waals surface area (Å²) in [6.07, 6.45) is 0.712. The Balaban J connectivity index is 1.23. The van der Waals surface area contributed by atoms with E-state index in [4.69, 9.17) is 15.2 Å². The van der Waals surface area contributed by atoms with Crippen LogP contribution in [0.2, 0.25) is 0 Å². The number of anilines is 1. The second kappa shape index (κ2) is 10.5. The average Bonchev–Trinajstić information content (AvgIpc) is 3.58. The lowest BCUT2D eigenvalue weighted by Crippen LogP contribution is -2.43. The van der Waals surface area contributed by atoms with E-state index < -0.39 is 23.5 Å². The molecule has 0 radical (unpaired) electrons. The Kier molecular flexibility index (Phi) is 6.69. The van der Waals surface area contributed by atoms with Crippen LogP contribution in [0, 0.1) is 11.6 Å². The molecular formula is C29H23F2N5O5. The number of carbonyl (C=O) groups is 2. The minimum absolute atomic E-state index is 0.0355. The summed E-state index contributed by atoms with van der Waals surface area (Å²) in [6.45, 7) is 1.60. The first-order valence-electron chi connectivity index (χ1n) is 12.6. The van der Waals surface area contributed by atoms with Crippen molar-refractivity contribution in [3.63, 3.8) is 0 Å².